The number of hydrogen-bond donors (Lipinski definition) is 1. The van der Waals surface area contributed by atoms with Gasteiger partial charge in [-0.2, -0.15) is 5.10 Å². The topological polar surface area (TPSA) is 80.1 Å². The molecule has 3 aromatic rings. The first-order valence-corrected chi connectivity index (χ1v) is 9.52. The second kappa shape index (κ2) is 8.40. The third-order valence-corrected chi connectivity index (χ3v) is 5.14. The van der Waals surface area contributed by atoms with E-state index in [1.54, 1.807) is 17.1 Å². The van der Waals surface area contributed by atoms with Gasteiger partial charge in [-0.25, -0.2) is 18.4 Å². The van der Waals surface area contributed by atoms with E-state index < -0.39 is 17.5 Å². The predicted octanol–water partition coefficient (Wildman–Crippen LogP) is 3.04. The van der Waals surface area contributed by atoms with Gasteiger partial charge >= 0.3 is 0 Å². The Balaban J connectivity index is 1.39. The second-order valence-corrected chi connectivity index (χ2v) is 7.04. The molecule has 1 aromatic heterocycles. The molecule has 2 heterocycles. The van der Waals surface area contributed by atoms with Crippen LogP contribution in [0.25, 0.3) is 5.69 Å². The summed E-state index contributed by atoms with van der Waals surface area (Å²) in [5, 5.41) is 7.02. The summed E-state index contributed by atoms with van der Waals surface area (Å²) in [6.07, 6.45) is 3.86. The van der Waals surface area contributed by atoms with Crippen molar-refractivity contribution in [1.29, 1.82) is 0 Å². The van der Waals surface area contributed by atoms with E-state index in [1.165, 1.54) is 11.2 Å². The maximum absolute atomic E-state index is 13.9. The molecule has 7 nitrogen and oxygen atoms in total. The van der Waals surface area contributed by atoms with E-state index in [1.807, 2.05) is 18.2 Å². The van der Waals surface area contributed by atoms with Crippen LogP contribution in [-0.2, 0) is 4.79 Å². The maximum Gasteiger partial charge on any atom is 0.256 e. The van der Waals surface area contributed by atoms with Gasteiger partial charge in [-0.3, -0.25) is 9.59 Å². The van der Waals surface area contributed by atoms with Crippen molar-refractivity contribution in [3.8, 4) is 5.69 Å². The number of aromatic nitrogens is 3. The fourth-order valence-electron chi connectivity index (χ4n) is 3.52. The lowest BCUT2D eigenvalue weighted by Crippen LogP contribution is -2.41. The van der Waals surface area contributed by atoms with E-state index in [9.17, 15) is 18.4 Å². The molecule has 0 bridgehead atoms. The van der Waals surface area contributed by atoms with Crippen LogP contribution in [-0.4, -0.2) is 44.6 Å². The summed E-state index contributed by atoms with van der Waals surface area (Å²) < 4.78 is 28.5. The molecule has 0 unspecified atom stereocenters. The lowest BCUT2D eigenvalue weighted by atomic mass is 9.95. The molecule has 1 aliphatic heterocycles. The number of carbonyl (C=O) groups is 2. The van der Waals surface area contributed by atoms with Crippen molar-refractivity contribution in [1.82, 2.24) is 19.7 Å². The Hall–Kier alpha value is -3.62. The van der Waals surface area contributed by atoms with Gasteiger partial charge in [0.15, 0.2) is 0 Å². The van der Waals surface area contributed by atoms with E-state index in [-0.39, 0.29) is 17.4 Å². The average molecular weight is 411 g/mol. The van der Waals surface area contributed by atoms with Gasteiger partial charge in [0.2, 0.25) is 5.91 Å². The molecule has 1 aliphatic rings. The molecular formula is C21H19F2N5O2. The van der Waals surface area contributed by atoms with Crippen molar-refractivity contribution in [2.45, 2.75) is 12.8 Å². The summed E-state index contributed by atoms with van der Waals surface area (Å²) in [5.41, 5.74) is 1.14. The third kappa shape index (κ3) is 4.05. The molecule has 1 fully saturated rings. The van der Waals surface area contributed by atoms with Gasteiger partial charge in [0.1, 0.15) is 24.3 Å². The Morgan fingerprint density at radius 2 is 1.83 bits per heavy atom. The molecular weight excluding hydrogens is 392 g/mol. The minimum Gasteiger partial charge on any atom is -0.339 e. The lowest BCUT2D eigenvalue weighted by Gasteiger charge is -2.31. The Bertz CT molecular complexity index is 1060. The Kier molecular flexibility index (Phi) is 5.51. The van der Waals surface area contributed by atoms with Crippen LogP contribution in [0, 0.1) is 17.6 Å². The molecule has 9 heteroatoms. The minimum absolute atomic E-state index is 0.150. The van der Waals surface area contributed by atoms with Crippen molar-refractivity contribution in [3.05, 3.63) is 72.3 Å². The molecule has 0 saturated carbocycles. The van der Waals surface area contributed by atoms with Crippen molar-refractivity contribution >= 4 is 17.5 Å². The van der Waals surface area contributed by atoms with Gasteiger partial charge in [0.25, 0.3) is 5.91 Å². The number of halogens is 2. The molecule has 0 spiro atoms. The van der Waals surface area contributed by atoms with Gasteiger partial charge in [0.05, 0.1) is 16.9 Å². The summed E-state index contributed by atoms with van der Waals surface area (Å²) in [7, 11) is 0. The quantitative estimate of drug-likeness (QED) is 0.716. The highest BCUT2D eigenvalue weighted by molar-refractivity contribution is 5.96. The largest absolute Gasteiger partial charge is 0.339 e. The number of piperidine rings is 1. The average Bonchev–Trinajstić information content (AvgIpc) is 3.28. The number of nitrogens with one attached hydrogen (secondary N) is 1. The highest BCUT2D eigenvalue weighted by Crippen LogP contribution is 2.24. The van der Waals surface area contributed by atoms with Gasteiger partial charge in [-0.15, -0.1) is 0 Å². The Morgan fingerprint density at radius 1 is 1.07 bits per heavy atom. The number of nitrogens with zero attached hydrogens (tertiary/aromatic N) is 4. The summed E-state index contributed by atoms with van der Waals surface area (Å²) in [5.74, 6) is -2.54. The summed E-state index contributed by atoms with van der Waals surface area (Å²) in [4.78, 5) is 30.7. The van der Waals surface area contributed by atoms with E-state index in [0.717, 1.165) is 12.1 Å². The smallest absolute Gasteiger partial charge is 0.256 e. The molecule has 1 saturated heterocycles. The molecule has 2 amide bonds. The molecule has 30 heavy (non-hydrogen) atoms. The van der Waals surface area contributed by atoms with Crippen LogP contribution in [0.2, 0.25) is 0 Å². The molecule has 0 radical (unpaired) electrons. The van der Waals surface area contributed by atoms with Gasteiger partial charge in [0, 0.05) is 25.1 Å². The van der Waals surface area contributed by atoms with E-state index in [2.05, 4.69) is 15.4 Å². The molecule has 4 rings (SSSR count). The van der Waals surface area contributed by atoms with Crippen LogP contribution < -0.4 is 5.32 Å². The zero-order valence-electron chi connectivity index (χ0n) is 16.0. The summed E-state index contributed by atoms with van der Waals surface area (Å²) in [6, 6.07) is 10.2. The minimum atomic E-state index is -0.885. The molecule has 0 aliphatic carbocycles. The lowest BCUT2D eigenvalue weighted by molar-refractivity contribution is -0.121. The standard InChI is InChI=1S/C21H19F2N5O2/c22-15-5-6-16(17(23)11-15)21(30)27-9-7-14(8-10-27)20(29)26-18-3-1-2-4-19(18)28-13-24-12-25-28/h1-6,11-14H,7-10H2,(H,26,29). The SMILES string of the molecule is O=C(Nc1ccccc1-n1cncn1)C1CCN(C(=O)c2ccc(F)cc2F)CC1. The first kappa shape index (κ1) is 19.7. The maximum atomic E-state index is 13.9. The summed E-state index contributed by atoms with van der Waals surface area (Å²) in [6.45, 7) is 0.636. The van der Waals surface area contributed by atoms with Crippen LogP contribution in [0.3, 0.4) is 0 Å². The highest BCUT2D eigenvalue weighted by Gasteiger charge is 2.29. The molecule has 154 valence electrons. The first-order valence-electron chi connectivity index (χ1n) is 9.52. The number of amides is 2. The van der Waals surface area contributed by atoms with Crippen LogP contribution in [0.5, 0.6) is 0 Å². The van der Waals surface area contributed by atoms with Gasteiger partial charge in [-0.05, 0) is 37.1 Å². The number of benzene rings is 2. The molecule has 2 aromatic carbocycles. The van der Waals surface area contributed by atoms with E-state index in [0.29, 0.717) is 43.4 Å². The number of carbonyl (C=O) groups excluding carboxylic acids is 2. The Labute approximate surface area is 171 Å². The molecule has 1 N–H and O–H groups in total. The van der Waals surface area contributed by atoms with E-state index in [4.69, 9.17) is 0 Å². The number of likely N-dealkylation sites (tertiary alicyclic amines) is 1. The van der Waals surface area contributed by atoms with Crippen LogP contribution in [0.1, 0.15) is 23.2 Å². The number of rotatable bonds is 4. The number of anilines is 1. The van der Waals surface area contributed by atoms with Gasteiger partial charge < -0.3 is 10.2 Å². The first-order chi connectivity index (χ1) is 14.5. The normalized spacial score (nSPS) is 14.5. The van der Waals surface area contributed by atoms with Crippen molar-refractivity contribution < 1.29 is 18.4 Å². The van der Waals surface area contributed by atoms with Gasteiger partial charge in [-0.1, -0.05) is 12.1 Å². The van der Waals surface area contributed by atoms with Crippen molar-refractivity contribution in [2.75, 3.05) is 18.4 Å². The summed E-state index contributed by atoms with van der Waals surface area (Å²) >= 11 is 0. The monoisotopic (exact) mass is 411 g/mol. The fourth-order valence-corrected chi connectivity index (χ4v) is 3.52. The molecule has 0 atom stereocenters. The van der Waals surface area contributed by atoms with Crippen molar-refractivity contribution in [2.24, 2.45) is 5.92 Å². The zero-order valence-corrected chi connectivity index (χ0v) is 16.0. The zero-order chi connectivity index (χ0) is 21.1. The van der Waals surface area contributed by atoms with E-state index >= 15 is 0 Å². The highest BCUT2D eigenvalue weighted by atomic mass is 19.1. The number of hydrogen-bond acceptors (Lipinski definition) is 4. The predicted molar refractivity (Wildman–Crippen MR) is 105 cm³/mol. The Morgan fingerprint density at radius 3 is 2.53 bits per heavy atom. The van der Waals surface area contributed by atoms with Crippen LogP contribution in [0.15, 0.2) is 55.1 Å². The fraction of sp³-hybridized carbons (Fsp3) is 0.238. The van der Waals surface area contributed by atoms with Crippen molar-refractivity contribution in [3.63, 3.8) is 0 Å². The second-order valence-electron chi connectivity index (χ2n) is 7.04. The van der Waals surface area contributed by atoms with Crippen LogP contribution in [0.4, 0.5) is 14.5 Å². The number of para-hydroxylation sites is 2. The van der Waals surface area contributed by atoms with Crippen LogP contribution >= 0.6 is 0 Å². The third-order valence-electron chi connectivity index (χ3n) is 5.14.